The molecule has 1 amide bonds. The van der Waals surface area contributed by atoms with Gasteiger partial charge in [-0.15, -0.1) is 5.10 Å². The second kappa shape index (κ2) is 5.95. The van der Waals surface area contributed by atoms with Crippen LogP contribution in [0.25, 0.3) is 0 Å². The van der Waals surface area contributed by atoms with Crippen LogP contribution in [0.2, 0.25) is 0 Å². The molecular weight excluding hydrogens is 268 g/mol. The maximum absolute atomic E-state index is 12.4. The minimum Gasteiger partial charge on any atom is -0.496 e. The molecule has 1 saturated heterocycles. The molecule has 0 unspecified atom stereocenters. The molecule has 0 aliphatic carbocycles. The molecule has 1 aromatic carbocycles. The van der Waals surface area contributed by atoms with Gasteiger partial charge in [0.1, 0.15) is 5.75 Å². The first-order valence-electron chi connectivity index (χ1n) is 7.03. The monoisotopic (exact) mass is 286 g/mol. The van der Waals surface area contributed by atoms with Gasteiger partial charge in [0.25, 0.3) is 0 Å². The molecule has 0 saturated carbocycles. The van der Waals surface area contributed by atoms with Crippen molar-refractivity contribution in [2.75, 3.05) is 20.2 Å². The van der Waals surface area contributed by atoms with Crippen LogP contribution in [0.1, 0.15) is 18.0 Å². The first-order chi connectivity index (χ1) is 10.3. The molecule has 1 aliphatic rings. The standard InChI is InChI=1S/C15H18N4O2/c1-21-14-5-3-2-4-12(14)10-15(20)18-8-6-13(11-18)19-9-7-16-17-19/h2-5,7,9,13H,6,8,10-11H2,1H3/t13-/m1/s1. The Morgan fingerprint density at radius 2 is 2.29 bits per heavy atom. The fraction of sp³-hybridized carbons (Fsp3) is 0.400. The number of rotatable bonds is 4. The molecule has 1 atom stereocenters. The van der Waals surface area contributed by atoms with Gasteiger partial charge in [-0.05, 0) is 12.5 Å². The van der Waals surface area contributed by atoms with Crippen LogP contribution < -0.4 is 4.74 Å². The number of hydrogen-bond acceptors (Lipinski definition) is 4. The first kappa shape index (κ1) is 13.6. The number of nitrogens with zero attached hydrogens (tertiary/aromatic N) is 4. The Balaban J connectivity index is 1.64. The number of aromatic nitrogens is 3. The van der Waals surface area contributed by atoms with E-state index >= 15 is 0 Å². The Bertz CT molecular complexity index is 612. The summed E-state index contributed by atoms with van der Waals surface area (Å²) in [6, 6.07) is 7.87. The number of carbonyl (C=O) groups excluding carboxylic acids is 1. The molecule has 0 N–H and O–H groups in total. The highest BCUT2D eigenvalue weighted by molar-refractivity contribution is 5.79. The van der Waals surface area contributed by atoms with Crippen LogP contribution in [-0.4, -0.2) is 46.0 Å². The van der Waals surface area contributed by atoms with Gasteiger partial charge >= 0.3 is 0 Å². The molecule has 0 bridgehead atoms. The number of para-hydroxylation sites is 1. The average molecular weight is 286 g/mol. The van der Waals surface area contributed by atoms with Crippen LogP contribution in [-0.2, 0) is 11.2 Å². The molecular formula is C15H18N4O2. The van der Waals surface area contributed by atoms with Crippen molar-refractivity contribution in [2.45, 2.75) is 18.9 Å². The number of amides is 1. The number of methoxy groups -OCH3 is 1. The van der Waals surface area contributed by atoms with Crippen LogP contribution in [0, 0.1) is 0 Å². The Morgan fingerprint density at radius 1 is 1.43 bits per heavy atom. The fourth-order valence-corrected chi connectivity index (χ4v) is 2.72. The lowest BCUT2D eigenvalue weighted by Gasteiger charge is -2.17. The van der Waals surface area contributed by atoms with Gasteiger partial charge in [-0.2, -0.15) is 0 Å². The van der Waals surface area contributed by atoms with Crippen LogP contribution >= 0.6 is 0 Å². The first-order valence-corrected chi connectivity index (χ1v) is 7.03. The largest absolute Gasteiger partial charge is 0.496 e. The number of carbonyl (C=O) groups is 1. The summed E-state index contributed by atoms with van der Waals surface area (Å²) in [7, 11) is 1.62. The summed E-state index contributed by atoms with van der Waals surface area (Å²) in [6.45, 7) is 1.45. The lowest BCUT2D eigenvalue weighted by molar-refractivity contribution is -0.129. The third-order valence-electron chi connectivity index (χ3n) is 3.87. The molecule has 1 aromatic heterocycles. The lowest BCUT2D eigenvalue weighted by atomic mass is 10.1. The van der Waals surface area contributed by atoms with E-state index in [1.165, 1.54) is 0 Å². The molecule has 21 heavy (non-hydrogen) atoms. The minimum atomic E-state index is 0.127. The molecule has 2 heterocycles. The van der Waals surface area contributed by atoms with Gasteiger partial charge in [0.2, 0.25) is 5.91 Å². The average Bonchev–Trinajstić information content (AvgIpc) is 3.18. The topological polar surface area (TPSA) is 60.2 Å². The van der Waals surface area contributed by atoms with Crippen molar-refractivity contribution in [2.24, 2.45) is 0 Å². The third kappa shape index (κ3) is 2.89. The molecule has 2 aromatic rings. The van der Waals surface area contributed by atoms with Crippen molar-refractivity contribution in [1.82, 2.24) is 19.9 Å². The molecule has 3 rings (SSSR count). The van der Waals surface area contributed by atoms with Gasteiger partial charge in [-0.1, -0.05) is 23.4 Å². The van der Waals surface area contributed by atoms with E-state index in [0.29, 0.717) is 13.0 Å². The van der Waals surface area contributed by atoms with Crippen molar-refractivity contribution >= 4 is 5.91 Å². The van der Waals surface area contributed by atoms with Crippen molar-refractivity contribution in [3.63, 3.8) is 0 Å². The van der Waals surface area contributed by atoms with Gasteiger partial charge in [0.05, 0.1) is 25.8 Å². The second-order valence-corrected chi connectivity index (χ2v) is 5.15. The van der Waals surface area contributed by atoms with Gasteiger partial charge in [0.15, 0.2) is 0 Å². The van der Waals surface area contributed by atoms with Crippen LogP contribution in [0.4, 0.5) is 0 Å². The molecule has 0 radical (unpaired) electrons. The summed E-state index contributed by atoms with van der Waals surface area (Å²) in [4.78, 5) is 14.3. The number of ether oxygens (including phenoxy) is 1. The van der Waals surface area contributed by atoms with E-state index < -0.39 is 0 Å². The highest BCUT2D eigenvalue weighted by Gasteiger charge is 2.28. The van der Waals surface area contributed by atoms with Gasteiger partial charge in [-0.25, -0.2) is 4.68 Å². The van der Waals surface area contributed by atoms with E-state index in [2.05, 4.69) is 10.3 Å². The van der Waals surface area contributed by atoms with Crippen molar-refractivity contribution in [3.05, 3.63) is 42.2 Å². The summed E-state index contributed by atoms with van der Waals surface area (Å²) < 4.78 is 7.13. The van der Waals surface area contributed by atoms with E-state index in [1.54, 1.807) is 13.3 Å². The Labute approximate surface area is 123 Å². The van der Waals surface area contributed by atoms with Crippen LogP contribution in [0.3, 0.4) is 0 Å². The highest BCUT2D eigenvalue weighted by Crippen LogP contribution is 2.23. The summed E-state index contributed by atoms with van der Waals surface area (Å²) >= 11 is 0. The van der Waals surface area contributed by atoms with Gasteiger partial charge in [-0.3, -0.25) is 4.79 Å². The summed E-state index contributed by atoms with van der Waals surface area (Å²) in [5.74, 6) is 0.889. The summed E-state index contributed by atoms with van der Waals surface area (Å²) in [6.07, 6.45) is 4.80. The quantitative estimate of drug-likeness (QED) is 0.850. The highest BCUT2D eigenvalue weighted by atomic mass is 16.5. The zero-order chi connectivity index (χ0) is 14.7. The lowest BCUT2D eigenvalue weighted by Crippen LogP contribution is -2.30. The second-order valence-electron chi connectivity index (χ2n) is 5.15. The Hall–Kier alpha value is -2.37. The van der Waals surface area contributed by atoms with Crippen LogP contribution in [0.5, 0.6) is 5.75 Å². The predicted molar refractivity (Wildman–Crippen MR) is 77.0 cm³/mol. The molecule has 110 valence electrons. The Kier molecular flexibility index (Phi) is 3.85. The molecule has 1 aliphatic heterocycles. The summed E-state index contributed by atoms with van der Waals surface area (Å²) in [5.41, 5.74) is 0.925. The van der Waals surface area contributed by atoms with Gasteiger partial charge in [0, 0.05) is 24.8 Å². The van der Waals surface area contributed by atoms with E-state index in [-0.39, 0.29) is 11.9 Å². The normalized spacial score (nSPS) is 18.0. The smallest absolute Gasteiger partial charge is 0.227 e. The van der Waals surface area contributed by atoms with E-state index in [9.17, 15) is 4.79 Å². The van der Waals surface area contributed by atoms with Crippen molar-refractivity contribution in [3.8, 4) is 5.75 Å². The maximum atomic E-state index is 12.4. The number of benzene rings is 1. The van der Waals surface area contributed by atoms with Crippen molar-refractivity contribution < 1.29 is 9.53 Å². The zero-order valence-corrected chi connectivity index (χ0v) is 12.0. The van der Waals surface area contributed by atoms with E-state index in [0.717, 1.165) is 24.3 Å². The molecule has 6 nitrogen and oxygen atoms in total. The maximum Gasteiger partial charge on any atom is 0.227 e. The number of likely N-dealkylation sites (tertiary alicyclic amines) is 1. The number of hydrogen-bond donors (Lipinski definition) is 0. The Morgan fingerprint density at radius 3 is 3.05 bits per heavy atom. The summed E-state index contributed by atoms with van der Waals surface area (Å²) in [5, 5.41) is 7.83. The van der Waals surface area contributed by atoms with E-state index in [1.807, 2.05) is 40.0 Å². The molecule has 6 heteroatoms. The minimum absolute atomic E-state index is 0.127. The fourth-order valence-electron chi connectivity index (χ4n) is 2.72. The van der Waals surface area contributed by atoms with Crippen molar-refractivity contribution in [1.29, 1.82) is 0 Å². The molecule has 1 fully saturated rings. The third-order valence-corrected chi connectivity index (χ3v) is 3.87. The van der Waals surface area contributed by atoms with E-state index in [4.69, 9.17) is 4.74 Å². The zero-order valence-electron chi connectivity index (χ0n) is 12.0. The predicted octanol–water partition coefficient (Wildman–Crippen LogP) is 1.30. The van der Waals surface area contributed by atoms with Crippen LogP contribution in [0.15, 0.2) is 36.7 Å². The van der Waals surface area contributed by atoms with Gasteiger partial charge < -0.3 is 9.64 Å². The SMILES string of the molecule is COc1ccccc1CC(=O)N1CC[C@@H](n2ccnn2)C1. The molecule has 0 spiro atoms.